The van der Waals surface area contributed by atoms with Crippen LogP contribution in [0.1, 0.15) is 107 Å². The average molecular weight is 361 g/mol. The minimum Gasteiger partial charge on any atom is -0.454 e. The molecule has 0 bridgehead atoms. The van der Waals surface area contributed by atoms with Crippen molar-refractivity contribution in [3.05, 3.63) is 23.8 Å². The Morgan fingerprint density at radius 3 is 1.92 bits per heavy atom. The second kappa shape index (κ2) is 12.8. The van der Waals surface area contributed by atoms with Crippen LogP contribution in [0.25, 0.3) is 0 Å². The van der Waals surface area contributed by atoms with Crippen LogP contribution in [0.15, 0.2) is 18.2 Å². The summed E-state index contributed by atoms with van der Waals surface area (Å²) in [6, 6.07) is 5.49. The van der Waals surface area contributed by atoms with E-state index in [-0.39, 0.29) is 12.6 Å². The van der Waals surface area contributed by atoms with Crippen molar-refractivity contribution in [2.24, 2.45) is 0 Å². The largest absolute Gasteiger partial charge is 0.454 e. The van der Waals surface area contributed by atoms with E-state index in [0.717, 1.165) is 24.2 Å². The van der Waals surface area contributed by atoms with Gasteiger partial charge in [-0.1, -0.05) is 84.0 Å². The Kier molecular flexibility index (Phi) is 10.2. The van der Waals surface area contributed by atoms with Crippen LogP contribution in [0.4, 0.5) is 0 Å². The van der Waals surface area contributed by atoms with E-state index in [4.69, 9.17) is 9.47 Å². The quantitative estimate of drug-likeness (QED) is 0.248. The van der Waals surface area contributed by atoms with Gasteiger partial charge < -0.3 is 9.47 Å². The molecule has 0 N–H and O–H groups in total. The third kappa shape index (κ3) is 7.80. The van der Waals surface area contributed by atoms with Gasteiger partial charge >= 0.3 is 0 Å². The summed E-state index contributed by atoms with van der Waals surface area (Å²) < 4.78 is 10.6. The third-order valence-corrected chi connectivity index (χ3v) is 5.20. The van der Waals surface area contributed by atoms with Crippen LogP contribution in [0.2, 0.25) is 0 Å². The first-order chi connectivity index (χ1) is 12.8. The highest BCUT2D eigenvalue weighted by molar-refractivity contribution is 5.96. The van der Waals surface area contributed by atoms with Gasteiger partial charge in [0.2, 0.25) is 6.79 Å². The summed E-state index contributed by atoms with van der Waals surface area (Å²) in [7, 11) is 0. The number of unbranched alkanes of at least 4 members (excludes halogenated alkanes) is 12. The molecule has 0 aromatic heterocycles. The molecule has 1 aliphatic rings. The number of carbonyl (C=O) groups is 1. The second-order valence-corrected chi connectivity index (χ2v) is 7.48. The number of benzene rings is 1. The minimum atomic E-state index is 0.214. The van der Waals surface area contributed by atoms with Crippen molar-refractivity contribution < 1.29 is 14.3 Å². The van der Waals surface area contributed by atoms with Gasteiger partial charge in [-0.15, -0.1) is 0 Å². The first-order valence-electron chi connectivity index (χ1n) is 10.7. The zero-order valence-electron chi connectivity index (χ0n) is 16.6. The fraction of sp³-hybridized carbons (Fsp3) is 0.696. The number of ketones is 1. The summed E-state index contributed by atoms with van der Waals surface area (Å²) in [5.41, 5.74) is 0.744. The van der Waals surface area contributed by atoms with Gasteiger partial charge in [0, 0.05) is 12.0 Å². The van der Waals surface area contributed by atoms with E-state index in [1.54, 1.807) is 0 Å². The van der Waals surface area contributed by atoms with Gasteiger partial charge in [0.15, 0.2) is 17.3 Å². The molecule has 0 amide bonds. The van der Waals surface area contributed by atoms with Gasteiger partial charge in [-0.05, 0) is 24.6 Å². The zero-order valence-corrected chi connectivity index (χ0v) is 16.6. The van der Waals surface area contributed by atoms with E-state index in [1.807, 2.05) is 18.2 Å². The van der Waals surface area contributed by atoms with Crippen molar-refractivity contribution in [3.8, 4) is 11.5 Å². The van der Waals surface area contributed by atoms with E-state index < -0.39 is 0 Å². The van der Waals surface area contributed by atoms with Gasteiger partial charge in [-0.25, -0.2) is 0 Å². The standard InChI is InChI=1S/C23H36O3/c1-2-3-4-5-6-7-8-9-10-11-12-13-14-15-21(24)20-16-17-22-23(18-20)26-19-25-22/h16-18H,2-15,19H2,1H3. The Balaban J connectivity index is 1.41. The molecule has 26 heavy (non-hydrogen) atoms. The smallest absolute Gasteiger partial charge is 0.231 e. The molecule has 0 spiro atoms. The van der Waals surface area contributed by atoms with Crippen molar-refractivity contribution >= 4 is 5.78 Å². The summed E-state index contributed by atoms with van der Waals surface area (Å²) in [5, 5.41) is 0. The Morgan fingerprint density at radius 2 is 1.31 bits per heavy atom. The molecule has 3 heteroatoms. The molecule has 1 aromatic rings. The van der Waals surface area contributed by atoms with Gasteiger partial charge in [0.1, 0.15) is 0 Å². The summed E-state index contributed by atoms with van der Waals surface area (Å²) in [5.74, 6) is 1.65. The predicted molar refractivity (Wildman–Crippen MR) is 107 cm³/mol. The molecule has 0 saturated carbocycles. The summed E-state index contributed by atoms with van der Waals surface area (Å²) in [6.45, 7) is 2.53. The molecule has 1 aromatic carbocycles. The minimum absolute atomic E-state index is 0.214. The second-order valence-electron chi connectivity index (χ2n) is 7.48. The van der Waals surface area contributed by atoms with Gasteiger partial charge in [-0.2, -0.15) is 0 Å². The lowest BCUT2D eigenvalue weighted by Crippen LogP contribution is -1.99. The van der Waals surface area contributed by atoms with E-state index in [1.165, 1.54) is 70.6 Å². The van der Waals surface area contributed by atoms with E-state index in [9.17, 15) is 4.79 Å². The topological polar surface area (TPSA) is 35.5 Å². The maximum Gasteiger partial charge on any atom is 0.231 e. The lowest BCUT2D eigenvalue weighted by molar-refractivity contribution is 0.0978. The normalized spacial score (nSPS) is 12.5. The SMILES string of the molecule is CCCCCCCCCCCCCCCC(=O)c1ccc2c(c1)OCO2. The molecule has 0 fully saturated rings. The van der Waals surface area contributed by atoms with Crippen LogP contribution in [0.5, 0.6) is 11.5 Å². The molecule has 0 radical (unpaired) electrons. The predicted octanol–water partition coefficient (Wildman–Crippen LogP) is 7.08. The summed E-state index contributed by atoms with van der Waals surface area (Å²) in [4.78, 5) is 12.2. The molecule has 2 rings (SSSR count). The maximum absolute atomic E-state index is 12.2. The third-order valence-electron chi connectivity index (χ3n) is 5.20. The first kappa shape index (κ1) is 20.8. The molecule has 146 valence electrons. The zero-order chi connectivity index (χ0) is 18.5. The number of ether oxygens (including phenoxy) is 2. The van der Waals surface area contributed by atoms with Crippen LogP contribution in [0.3, 0.4) is 0 Å². The maximum atomic E-state index is 12.2. The van der Waals surface area contributed by atoms with Gasteiger partial charge in [0.25, 0.3) is 0 Å². The summed E-state index contributed by atoms with van der Waals surface area (Å²) in [6.07, 6.45) is 17.9. The van der Waals surface area contributed by atoms with Crippen LogP contribution < -0.4 is 9.47 Å². The Morgan fingerprint density at radius 1 is 0.769 bits per heavy atom. The van der Waals surface area contributed by atoms with E-state index in [0.29, 0.717) is 12.2 Å². The lowest BCUT2D eigenvalue weighted by Gasteiger charge is -2.04. The first-order valence-corrected chi connectivity index (χ1v) is 10.7. The monoisotopic (exact) mass is 360 g/mol. The molecule has 1 aliphatic heterocycles. The van der Waals surface area contributed by atoms with E-state index in [2.05, 4.69) is 6.92 Å². The Hall–Kier alpha value is -1.51. The van der Waals surface area contributed by atoms with Crippen LogP contribution in [0, 0.1) is 0 Å². The van der Waals surface area contributed by atoms with Gasteiger partial charge in [0.05, 0.1) is 0 Å². The number of hydrogen-bond acceptors (Lipinski definition) is 3. The fourth-order valence-electron chi connectivity index (χ4n) is 3.52. The molecule has 3 nitrogen and oxygen atoms in total. The molecule has 1 heterocycles. The number of rotatable bonds is 15. The molecular weight excluding hydrogens is 324 g/mol. The van der Waals surface area contributed by atoms with Crippen LogP contribution in [-0.2, 0) is 0 Å². The van der Waals surface area contributed by atoms with Crippen LogP contribution in [-0.4, -0.2) is 12.6 Å². The highest BCUT2D eigenvalue weighted by Crippen LogP contribution is 2.32. The van der Waals surface area contributed by atoms with Crippen molar-refractivity contribution in [3.63, 3.8) is 0 Å². The summed E-state index contributed by atoms with van der Waals surface area (Å²) >= 11 is 0. The van der Waals surface area contributed by atoms with E-state index >= 15 is 0 Å². The number of Topliss-reactive ketones (excluding diaryl/α,β-unsaturated/α-hetero) is 1. The number of carbonyl (C=O) groups excluding carboxylic acids is 1. The molecular formula is C23H36O3. The van der Waals surface area contributed by atoms with Crippen molar-refractivity contribution in [2.45, 2.75) is 96.8 Å². The highest BCUT2D eigenvalue weighted by Gasteiger charge is 2.15. The molecule has 0 saturated heterocycles. The number of hydrogen-bond donors (Lipinski definition) is 0. The number of fused-ring (bicyclic) bond motifs is 1. The fourth-order valence-corrected chi connectivity index (χ4v) is 3.52. The van der Waals surface area contributed by atoms with Crippen molar-refractivity contribution in [1.29, 1.82) is 0 Å². The van der Waals surface area contributed by atoms with Gasteiger partial charge in [-0.3, -0.25) is 4.79 Å². The lowest BCUT2D eigenvalue weighted by atomic mass is 10.0. The van der Waals surface area contributed by atoms with Crippen molar-refractivity contribution in [2.75, 3.05) is 6.79 Å². The highest BCUT2D eigenvalue weighted by atomic mass is 16.7. The van der Waals surface area contributed by atoms with Crippen molar-refractivity contribution in [1.82, 2.24) is 0 Å². The Labute approximate surface area is 159 Å². The molecule has 0 unspecified atom stereocenters. The van der Waals surface area contributed by atoms with Crippen LogP contribution >= 0.6 is 0 Å². The average Bonchev–Trinajstić information content (AvgIpc) is 3.13. The molecule has 0 atom stereocenters. The molecule has 0 aliphatic carbocycles. The Bertz CT molecular complexity index is 524.